The molecule has 0 N–H and O–H groups in total. The lowest BCUT2D eigenvalue weighted by molar-refractivity contribution is 1.13. The van der Waals surface area contributed by atoms with Gasteiger partial charge in [-0.3, -0.25) is 0 Å². The van der Waals surface area contributed by atoms with Gasteiger partial charge in [0.2, 0.25) is 0 Å². The van der Waals surface area contributed by atoms with Gasteiger partial charge < -0.3 is 0 Å². The van der Waals surface area contributed by atoms with Crippen LogP contribution >= 0.6 is 11.3 Å². The quantitative estimate of drug-likeness (QED) is 0.542. The van der Waals surface area contributed by atoms with Crippen LogP contribution < -0.4 is 0 Å². The van der Waals surface area contributed by atoms with E-state index in [1.165, 1.54) is 16.9 Å². The highest BCUT2D eigenvalue weighted by atomic mass is 32.1. The number of rotatable bonds is 1. The first kappa shape index (κ1) is 5.83. The van der Waals surface area contributed by atoms with E-state index in [1.807, 2.05) is 11.3 Å². The van der Waals surface area contributed by atoms with Crippen molar-refractivity contribution in [3.63, 3.8) is 0 Å². The van der Waals surface area contributed by atoms with Crippen molar-refractivity contribution >= 4 is 11.3 Å². The zero-order valence-electron chi connectivity index (χ0n) is 5.27. The fraction of sp³-hybridized carbons (Fsp3) is 0.429. The zero-order chi connectivity index (χ0) is 5.98. The van der Waals surface area contributed by atoms with E-state index < -0.39 is 0 Å². The van der Waals surface area contributed by atoms with Crippen molar-refractivity contribution in [1.82, 2.24) is 0 Å². The van der Waals surface area contributed by atoms with Gasteiger partial charge in [-0.1, -0.05) is 6.92 Å². The van der Waals surface area contributed by atoms with Crippen molar-refractivity contribution in [1.29, 1.82) is 0 Å². The van der Waals surface area contributed by atoms with E-state index >= 15 is 0 Å². The Morgan fingerprint density at radius 1 is 1.62 bits per heavy atom. The topological polar surface area (TPSA) is 0 Å². The van der Waals surface area contributed by atoms with Crippen molar-refractivity contribution in [2.75, 3.05) is 0 Å². The third kappa shape index (κ3) is 0.920. The molecule has 0 unspecified atom stereocenters. The Morgan fingerprint density at radius 2 is 2.38 bits per heavy atom. The van der Waals surface area contributed by atoms with Crippen LogP contribution in [0.4, 0.5) is 0 Å². The van der Waals surface area contributed by atoms with Crippen molar-refractivity contribution in [2.45, 2.75) is 20.3 Å². The van der Waals surface area contributed by atoms with E-state index in [1.54, 1.807) is 0 Å². The maximum absolute atomic E-state index is 2.19. The Balaban J connectivity index is 2.92. The molecular formula is C7H10S. The fourth-order valence-electron chi connectivity index (χ4n) is 0.778. The molecule has 44 valence electrons. The summed E-state index contributed by atoms with van der Waals surface area (Å²) in [5, 5.41) is 2.15. The maximum Gasteiger partial charge on any atom is 0.00460 e. The van der Waals surface area contributed by atoms with Crippen LogP contribution in [-0.2, 0) is 6.42 Å². The van der Waals surface area contributed by atoms with Gasteiger partial charge in [-0.25, -0.2) is 0 Å². The van der Waals surface area contributed by atoms with Crippen LogP contribution in [0, 0.1) is 6.92 Å². The molecule has 1 aromatic rings. The predicted molar refractivity (Wildman–Crippen MR) is 38.4 cm³/mol. The average Bonchev–Trinajstić information content (AvgIpc) is 2.14. The van der Waals surface area contributed by atoms with E-state index in [9.17, 15) is 0 Å². The molecule has 0 nitrogen and oxygen atoms in total. The monoisotopic (exact) mass is 126 g/mol. The molecule has 0 aliphatic heterocycles. The molecule has 0 saturated heterocycles. The molecule has 0 amide bonds. The molecule has 0 aliphatic rings. The van der Waals surface area contributed by atoms with Crippen LogP contribution in [0.1, 0.15) is 17.4 Å². The summed E-state index contributed by atoms with van der Waals surface area (Å²) < 4.78 is 0. The lowest BCUT2D eigenvalue weighted by atomic mass is 10.2. The standard InChI is InChI=1S/C7H10S/c1-3-7-4-5-8-6(7)2/h4-5H,3H2,1-2H3. The van der Waals surface area contributed by atoms with Gasteiger partial charge in [-0.2, -0.15) is 0 Å². The van der Waals surface area contributed by atoms with Crippen LogP contribution in [0.5, 0.6) is 0 Å². The Kier molecular flexibility index (Phi) is 1.69. The van der Waals surface area contributed by atoms with Crippen LogP contribution in [0.25, 0.3) is 0 Å². The summed E-state index contributed by atoms with van der Waals surface area (Å²) in [4.78, 5) is 1.47. The molecule has 0 saturated carbocycles. The second kappa shape index (κ2) is 2.31. The Hall–Kier alpha value is -0.300. The molecule has 1 heterocycles. The molecule has 0 bridgehead atoms. The first-order valence-electron chi connectivity index (χ1n) is 2.87. The Morgan fingerprint density at radius 3 is 2.62 bits per heavy atom. The molecule has 0 aromatic carbocycles. The fourth-order valence-corrected chi connectivity index (χ4v) is 1.58. The second-order valence-electron chi connectivity index (χ2n) is 1.86. The Labute approximate surface area is 54.2 Å². The maximum atomic E-state index is 2.19. The molecular weight excluding hydrogens is 116 g/mol. The summed E-state index contributed by atoms with van der Waals surface area (Å²) in [5.41, 5.74) is 1.50. The highest BCUT2D eigenvalue weighted by Crippen LogP contribution is 2.14. The van der Waals surface area contributed by atoms with Crippen LogP contribution in [0.3, 0.4) is 0 Å². The van der Waals surface area contributed by atoms with E-state index in [4.69, 9.17) is 0 Å². The highest BCUT2D eigenvalue weighted by molar-refractivity contribution is 7.10. The summed E-state index contributed by atoms with van der Waals surface area (Å²) in [6.45, 7) is 4.36. The predicted octanol–water partition coefficient (Wildman–Crippen LogP) is 2.62. The van der Waals surface area contributed by atoms with Gasteiger partial charge in [0, 0.05) is 4.88 Å². The van der Waals surface area contributed by atoms with E-state index in [0.29, 0.717) is 0 Å². The normalized spacial score (nSPS) is 9.75. The van der Waals surface area contributed by atoms with E-state index in [0.717, 1.165) is 0 Å². The van der Waals surface area contributed by atoms with Gasteiger partial charge in [-0.15, -0.1) is 11.3 Å². The van der Waals surface area contributed by atoms with Crippen molar-refractivity contribution in [3.8, 4) is 0 Å². The molecule has 0 radical (unpaired) electrons. The SMILES string of the molecule is CCc1ccsc1C. The van der Waals surface area contributed by atoms with Crippen LogP contribution in [0.15, 0.2) is 11.4 Å². The zero-order valence-corrected chi connectivity index (χ0v) is 6.09. The molecule has 0 aliphatic carbocycles. The van der Waals surface area contributed by atoms with Crippen molar-refractivity contribution in [3.05, 3.63) is 21.9 Å². The molecule has 1 heteroatoms. The number of hydrogen-bond donors (Lipinski definition) is 0. The largest absolute Gasteiger partial charge is 0.149 e. The first-order chi connectivity index (χ1) is 3.84. The molecule has 1 aromatic heterocycles. The molecule has 1 rings (SSSR count). The van der Waals surface area contributed by atoms with Gasteiger partial charge in [-0.05, 0) is 30.4 Å². The van der Waals surface area contributed by atoms with Gasteiger partial charge in [0.1, 0.15) is 0 Å². The van der Waals surface area contributed by atoms with Crippen molar-refractivity contribution < 1.29 is 0 Å². The summed E-state index contributed by atoms with van der Waals surface area (Å²) in [6.07, 6.45) is 1.18. The third-order valence-electron chi connectivity index (χ3n) is 1.35. The molecule has 0 spiro atoms. The molecule has 8 heavy (non-hydrogen) atoms. The van der Waals surface area contributed by atoms with Gasteiger partial charge >= 0.3 is 0 Å². The summed E-state index contributed by atoms with van der Waals surface area (Å²) in [6, 6.07) is 2.19. The Bertz CT molecular complexity index is 165. The first-order valence-corrected chi connectivity index (χ1v) is 3.75. The number of hydrogen-bond acceptors (Lipinski definition) is 1. The second-order valence-corrected chi connectivity index (χ2v) is 2.98. The minimum atomic E-state index is 1.18. The molecule has 0 fully saturated rings. The van der Waals surface area contributed by atoms with Crippen LogP contribution in [-0.4, -0.2) is 0 Å². The highest BCUT2D eigenvalue weighted by Gasteiger charge is 1.92. The van der Waals surface area contributed by atoms with Gasteiger partial charge in [0.05, 0.1) is 0 Å². The van der Waals surface area contributed by atoms with Gasteiger partial charge in [0.15, 0.2) is 0 Å². The summed E-state index contributed by atoms with van der Waals surface area (Å²) >= 11 is 1.83. The minimum absolute atomic E-state index is 1.18. The number of aryl methyl sites for hydroxylation is 2. The third-order valence-corrected chi connectivity index (χ3v) is 2.24. The van der Waals surface area contributed by atoms with Gasteiger partial charge in [0.25, 0.3) is 0 Å². The molecule has 0 atom stereocenters. The minimum Gasteiger partial charge on any atom is -0.149 e. The van der Waals surface area contributed by atoms with Crippen LogP contribution in [0.2, 0.25) is 0 Å². The lowest BCUT2D eigenvalue weighted by Gasteiger charge is -1.87. The van der Waals surface area contributed by atoms with E-state index in [-0.39, 0.29) is 0 Å². The summed E-state index contributed by atoms with van der Waals surface area (Å²) in [7, 11) is 0. The lowest BCUT2D eigenvalue weighted by Crippen LogP contribution is -1.74. The average molecular weight is 126 g/mol. The smallest absolute Gasteiger partial charge is 0.00460 e. The summed E-state index contributed by atoms with van der Waals surface area (Å²) in [5.74, 6) is 0. The number of thiophene rings is 1. The van der Waals surface area contributed by atoms with Crippen molar-refractivity contribution in [2.24, 2.45) is 0 Å². The van der Waals surface area contributed by atoms with E-state index in [2.05, 4.69) is 25.3 Å².